The standard InChI is InChI=1S/C11H19N3O5/c1-19-9(15)3-2-8(10(16)17)13-11(18)14-6-4-12-5-7-14/h8,12H,2-7H2,1H3,(H,13,18)(H,16,17)/t8-/m1/s1. The molecule has 1 heterocycles. The minimum Gasteiger partial charge on any atom is -0.480 e. The number of ether oxygens (including phenoxy) is 1. The van der Waals surface area contributed by atoms with E-state index in [1.54, 1.807) is 4.90 Å². The van der Waals surface area contributed by atoms with Crippen molar-refractivity contribution in [1.82, 2.24) is 15.5 Å². The van der Waals surface area contributed by atoms with Crippen LogP contribution < -0.4 is 10.6 Å². The van der Waals surface area contributed by atoms with Crippen LogP contribution in [0.3, 0.4) is 0 Å². The number of amides is 2. The number of nitrogens with one attached hydrogen (secondary N) is 2. The number of carboxylic acids is 1. The summed E-state index contributed by atoms with van der Waals surface area (Å²) in [4.78, 5) is 35.4. The largest absolute Gasteiger partial charge is 0.480 e. The van der Waals surface area contributed by atoms with Gasteiger partial charge in [0.15, 0.2) is 0 Å². The van der Waals surface area contributed by atoms with Crippen LogP contribution >= 0.6 is 0 Å². The summed E-state index contributed by atoms with van der Waals surface area (Å²) in [6.07, 6.45) is -0.0326. The molecule has 0 spiro atoms. The van der Waals surface area contributed by atoms with Gasteiger partial charge in [-0.3, -0.25) is 4.79 Å². The SMILES string of the molecule is COC(=O)CC[C@@H](NC(=O)N1CCNCC1)C(=O)O. The number of carboxylic acid groups (broad SMARTS) is 1. The zero-order chi connectivity index (χ0) is 14.3. The molecule has 0 radical (unpaired) electrons. The number of methoxy groups -OCH3 is 1. The van der Waals surface area contributed by atoms with Crippen LogP contribution in [-0.4, -0.2) is 67.3 Å². The third-order valence-corrected chi connectivity index (χ3v) is 2.86. The van der Waals surface area contributed by atoms with E-state index < -0.39 is 24.0 Å². The first-order valence-electron chi connectivity index (χ1n) is 6.10. The Kier molecular flexibility index (Phi) is 6.07. The van der Waals surface area contributed by atoms with E-state index in [1.165, 1.54) is 7.11 Å². The third-order valence-electron chi connectivity index (χ3n) is 2.86. The van der Waals surface area contributed by atoms with Gasteiger partial charge in [0.2, 0.25) is 0 Å². The zero-order valence-electron chi connectivity index (χ0n) is 10.8. The van der Waals surface area contributed by atoms with Gasteiger partial charge in [-0.05, 0) is 6.42 Å². The van der Waals surface area contributed by atoms with Gasteiger partial charge in [-0.1, -0.05) is 0 Å². The maximum Gasteiger partial charge on any atom is 0.326 e. The highest BCUT2D eigenvalue weighted by atomic mass is 16.5. The van der Waals surface area contributed by atoms with E-state index in [-0.39, 0.29) is 12.8 Å². The van der Waals surface area contributed by atoms with E-state index >= 15 is 0 Å². The third kappa shape index (κ3) is 5.12. The number of urea groups is 1. The Morgan fingerprint density at radius 1 is 1.37 bits per heavy atom. The van der Waals surface area contributed by atoms with Gasteiger partial charge in [-0.25, -0.2) is 9.59 Å². The molecule has 108 valence electrons. The number of rotatable bonds is 5. The number of carbonyl (C=O) groups excluding carboxylic acids is 2. The smallest absolute Gasteiger partial charge is 0.326 e. The number of piperazine rings is 1. The summed E-state index contributed by atoms with van der Waals surface area (Å²) in [5, 5.41) is 14.5. The molecule has 19 heavy (non-hydrogen) atoms. The number of carbonyl (C=O) groups is 3. The van der Waals surface area contributed by atoms with Crippen molar-refractivity contribution in [3.8, 4) is 0 Å². The summed E-state index contributed by atoms with van der Waals surface area (Å²) in [6, 6.07) is -1.50. The second-order valence-electron chi connectivity index (χ2n) is 4.19. The highest BCUT2D eigenvalue weighted by molar-refractivity contribution is 5.83. The fourth-order valence-corrected chi connectivity index (χ4v) is 1.73. The minimum atomic E-state index is -1.16. The van der Waals surface area contributed by atoms with Crippen molar-refractivity contribution < 1.29 is 24.2 Å². The molecular weight excluding hydrogens is 254 g/mol. The number of nitrogens with zero attached hydrogens (tertiary/aromatic N) is 1. The lowest BCUT2D eigenvalue weighted by Gasteiger charge is -2.28. The van der Waals surface area contributed by atoms with Crippen molar-refractivity contribution in [1.29, 1.82) is 0 Å². The molecule has 0 bridgehead atoms. The fourth-order valence-electron chi connectivity index (χ4n) is 1.73. The maximum atomic E-state index is 11.8. The Hall–Kier alpha value is -1.83. The van der Waals surface area contributed by atoms with Gasteiger partial charge in [0.25, 0.3) is 0 Å². The van der Waals surface area contributed by atoms with Crippen molar-refractivity contribution in [2.75, 3.05) is 33.3 Å². The first kappa shape index (κ1) is 15.2. The van der Waals surface area contributed by atoms with E-state index in [9.17, 15) is 14.4 Å². The van der Waals surface area contributed by atoms with Crippen molar-refractivity contribution >= 4 is 18.0 Å². The van der Waals surface area contributed by atoms with Crippen molar-refractivity contribution in [3.05, 3.63) is 0 Å². The maximum absolute atomic E-state index is 11.8. The molecule has 0 aliphatic carbocycles. The molecule has 1 aliphatic heterocycles. The molecular formula is C11H19N3O5. The van der Waals surface area contributed by atoms with Crippen LogP contribution in [0, 0.1) is 0 Å². The van der Waals surface area contributed by atoms with Crippen molar-refractivity contribution in [2.24, 2.45) is 0 Å². The minimum absolute atomic E-state index is 0.0137. The Morgan fingerprint density at radius 3 is 2.53 bits per heavy atom. The summed E-state index contributed by atoms with van der Waals surface area (Å²) >= 11 is 0. The van der Waals surface area contributed by atoms with E-state index in [0.29, 0.717) is 26.2 Å². The molecule has 0 aromatic rings. The number of aliphatic carboxylic acids is 1. The zero-order valence-corrected chi connectivity index (χ0v) is 10.8. The molecule has 0 unspecified atom stereocenters. The quantitative estimate of drug-likeness (QED) is 0.555. The Morgan fingerprint density at radius 2 is 2.00 bits per heavy atom. The lowest BCUT2D eigenvalue weighted by Crippen LogP contribution is -2.53. The van der Waals surface area contributed by atoms with Crippen LogP contribution in [0.1, 0.15) is 12.8 Å². The Labute approximate surface area is 111 Å². The van der Waals surface area contributed by atoms with Crippen LogP contribution in [0.2, 0.25) is 0 Å². The monoisotopic (exact) mass is 273 g/mol. The topological polar surface area (TPSA) is 108 Å². The summed E-state index contributed by atoms with van der Waals surface area (Å²) in [6.45, 7) is 2.45. The second kappa shape index (κ2) is 7.57. The predicted molar refractivity (Wildman–Crippen MR) is 65.6 cm³/mol. The fraction of sp³-hybridized carbons (Fsp3) is 0.727. The lowest BCUT2D eigenvalue weighted by atomic mass is 10.1. The Balaban J connectivity index is 2.45. The molecule has 1 atom stereocenters. The van der Waals surface area contributed by atoms with Crippen molar-refractivity contribution in [2.45, 2.75) is 18.9 Å². The normalized spacial score (nSPS) is 16.6. The first-order chi connectivity index (χ1) is 9.04. The first-order valence-corrected chi connectivity index (χ1v) is 6.10. The molecule has 1 aliphatic rings. The molecule has 1 rings (SSSR count). The second-order valence-corrected chi connectivity index (χ2v) is 4.19. The molecule has 8 nitrogen and oxygen atoms in total. The molecule has 8 heteroatoms. The Bertz CT molecular complexity index is 341. The number of hydrogen-bond acceptors (Lipinski definition) is 5. The van der Waals surface area contributed by atoms with Gasteiger partial charge in [-0.15, -0.1) is 0 Å². The molecule has 0 aromatic carbocycles. The average molecular weight is 273 g/mol. The van der Waals surface area contributed by atoms with Crippen LogP contribution in [0.4, 0.5) is 4.79 Å². The predicted octanol–water partition coefficient (Wildman–Crippen LogP) is -0.992. The summed E-state index contributed by atoms with van der Waals surface area (Å²) in [5.74, 6) is -1.66. The van der Waals surface area contributed by atoms with E-state index in [4.69, 9.17) is 5.11 Å². The molecule has 1 fully saturated rings. The van der Waals surface area contributed by atoms with Gasteiger partial charge in [-0.2, -0.15) is 0 Å². The molecule has 2 amide bonds. The molecule has 3 N–H and O–H groups in total. The van der Waals surface area contributed by atoms with Crippen LogP contribution in [0.15, 0.2) is 0 Å². The summed E-state index contributed by atoms with van der Waals surface area (Å²) < 4.78 is 4.44. The number of hydrogen-bond donors (Lipinski definition) is 3. The highest BCUT2D eigenvalue weighted by Gasteiger charge is 2.24. The molecule has 1 saturated heterocycles. The van der Waals surface area contributed by atoms with Crippen molar-refractivity contribution in [3.63, 3.8) is 0 Å². The van der Waals surface area contributed by atoms with E-state index in [2.05, 4.69) is 15.4 Å². The lowest BCUT2D eigenvalue weighted by molar-refractivity contribution is -0.142. The van der Waals surface area contributed by atoms with Gasteiger partial charge in [0.05, 0.1) is 7.11 Å². The summed E-state index contributed by atoms with van der Waals surface area (Å²) in [5.41, 5.74) is 0. The van der Waals surface area contributed by atoms with Gasteiger partial charge in [0, 0.05) is 32.6 Å². The van der Waals surface area contributed by atoms with Gasteiger partial charge < -0.3 is 25.4 Å². The average Bonchev–Trinajstić information content (AvgIpc) is 2.43. The summed E-state index contributed by atoms with van der Waals surface area (Å²) in [7, 11) is 1.23. The molecule has 0 aromatic heterocycles. The van der Waals surface area contributed by atoms with Gasteiger partial charge >= 0.3 is 18.0 Å². The van der Waals surface area contributed by atoms with E-state index in [1.807, 2.05) is 0 Å². The van der Waals surface area contributed by atoms with Crippen LogP contribution in [0.25, 0.3) is 0 Å². The van der Waals surface area contributed by atoms with E-state index in [0.717, 1.165) is 0 Å². The van der Waals surface area contributed by atoms with Crippen LogP contribution in [0.5, 0.6) is 0 Å². The number of esters is 1. The van der Waals surface area contributed by atoms with Gasteiger partial charge in [0.1, 0.15) is 6.04 Å². The highest BCUT2D eigenvalue weighted by Crippen LogP contribution is 2.02. The molecule has 0 saturated carbocycles. The van der Waals surface area contributed by atoms with Crippen LogP contribution in [-0.2, 0) is 14.3 Å².